The van der Waals surface area contributed by atoms with Crippen LogP contribution in [0, 0.1) is 20.8 Å². The van der Waals surface area contributed by atoms with Gasteiger partial charge in [0.15, 0.2) is 5.95 Å². The van der Waals surface area contributed by atoms with E-state index in [9.17, 15) is 63.4 Å². The number of aryl methyl sites for hydroxylation is 4. The van der Waals surface area contributed by atoms with E-state index in [1.54, 1.807) is 57.4 Å². The summed E-state index contributed by atoms with van der Waals surface area (Å²) >= 11 is 0. The van der Waals surface area contributed by atoms with Gasteiger partial charge in [0.1, 0.15) is 34.1 Å². The number of aliphatic carboxylic acids is 1. The largest absolute Gasteiger partial charge is 0.480 e. The average molecular weight is 1060 g/mol. The Balaban J connectivity index is 1.15. The van der Waals surface area contributed by atoms with E-state index in [1.165, 1.54) is 53.2 Å². The van der Waals surface area contributed by atoms with Gasteiger partial charge < -0.3 is 35.9 Å². The fourth-order valence-electron chi connectivity index (χ4n) is 7.55. The lowest BCUT2D eigenvalue weighted by molar-refractivity contribution is -0.138. The summed E-state index contributed by atoms with van der Waals surface area (Å²) in [6.07, 6.45) is 6.60. The van der Waals surface area contributed by atoms with Crippen molar-refractivity contribution in [2.75, 3.05) is 29.6 Å². The molecule has 3 amide bonds. The molecule has 0 fully saturated rings. The van der Waals surface area contributed by atoms with Gasteiger partial charge in [-0.15, -0.1) is 0 Å². The molecule has 386 valence electrons. The number of fused-ring (bicyclic) bond motifs is 1. The normalized spacial score (nSPS) is 12.8. The summed E-state index contributed by atoms with van der Waals surface area (Å²) in [6.45, 7) is 4.21. The van der Waals surface area contributed by atoms with Crippen molar-refractivity contribution in [2.45, 2.75) is 62.2 Å². The van der Waals surface area contributed by atoms with E-state index in [0.717, 1.165) is 18.0 Å². The number of hydrogen-bond acceptors (Lipinski definition) is 16. The van der Waals surface area contributed by atoms with Crippen molar-refractivity contribution in [3.63, 3.8) is 0 Å². The Morgan fingerprint density at radius 1 is 0.877 bits per heavy atom. The Bertz CT molecular complexity index is 3470. The Labute approximate surface area is 417 Å². The Morgan fingerprint density at radius 3 is 2.25 bits per heavy atom. The maximum Gasteiger partial charge on any atom is 0.323 e. The molecule has 0 spiro atoms. The van der Waals surface area contributed by atoms with Crippen LogP contribution in [0.25, 0.3) is 10.9 Å². The van der Waals surface area contributed by atoms with Crippen molar-refractivity contribution in [1.29, 1.82) is 0 Å². The molecule has 3 heterocycles. The molecule has 6 rings (SSSR count). The fourth-order valence-corrected chi connectivity index (χ4v) is 10.5. The third-order valence-electron chi connectivity index (χ3n) is 10.8. The minimum absolute atomic E-state index is 0.00230. The predicted octanol–water partition coefficient (Wildman–Crippen LogP) is 1.70. The highest BCUT2D eigenvalue weighted by molar-refractivity contribution is 7.89. The summed E-state index contributed by atoms with van der Waals surface area (Å²) in [7, 11) is -13.8. The van der Waals surface area contributed by atoms with Crippen molar-refractivity contribution in [3.8, 4) is 0 Å². The zero-order chi connectivity index (χ0) is 53.3. The number of imidazole rings is 1. The smallest absolute Gasteiger partial charge is 0.323 e. The monoisotopic (exact) mass is 1060 g/mol. The summed E-state index contributed by atoms with van der Waals surface area (Å²) in [6, 6.07) is 12.4. The van der Waals surface area contributed by atoms with Crippen LogP contribution in [-0.2, 0) is 52.9 Å². The number of H-pyrrole nitrogens is 1. The summed E-state index contributed by atoms with van der Waals surface area (Å²) < 4.78 is 96.8. The van der Waals surface area contributed by atoms with Gasteiger partial charge in [-0.25, -0.2) is 18.4 Å². The molecule has 73 heavy (non-hydrogen) atoms. The van der Waals surface area contributed by atoms with Gasteiger partial charge in [-0.3, -0.25) is 38.5 Å². The number of amides is 3. The molecule has 3 aromatic heterocycles. The van der Waals surface area contributed by atoms with Crippen LogP contribution in [-0.4, -0.2) is 120 Å². The van der Waals surface area contributed by atoms with E-state index in [1.807, 2.05) is 0 Å². The van der Waals surface area contributed by atoms with E-state index < -0.39 is 94.2 Å². The fraction of sp³-hybridized carbons (Fsp3) is 0.244. The van der Waals surface area contributed by atoms with Crippen molar-refractivity contribution < 1.29 is 58.6 Å². The molecule has 28 heteroatoms. The lowest BCUT2D eigenvalue weighted by Gasteiger charge is -2.19. The van der Waals surface area contributed by atoms with Gasteiger partial charge in [-0.05, 0) is 74.2 Å². The first-order valence-corrected chi connectivity index (χ1v) is 26.3. The number of pyridine rings is 2. The molecule has 0 aliphatic carbocycles. The molecule has 0 radical (unpaired) electrons. The number of carboxylic acids is 1. The summed E-state index contributed by atoms with van der Waals surface area (Å²) in [5.74, 6) is -5.28. The number of rotatable bonds is 23. The van der Waals surface area contributed by atoms with Crippen LogP contribution in [0.4, 0.5) is 11.8 Å². The van der Waals surface area contributed by atoms with Crippen LogP contribution in [0.15, 0.2) is 111 Å². The van der Waals surface area contributed by atoms with Gasteiger partial charge in [0, 0.05) is 61.9 Å². The average Bonchev–Trinajstić information content (AvgIpc) is 3.84. The van der Waals surface area contributed by atoms with E-state index in [0.29, 0.717) is 28.2 Å². The number of benzene rings is 3. The molecular weight excluding hydrogens is 1010 g/mol. The molecule has 0 saturated heterocycles. The second-order valence-electron chi connectivity index (χ2n) is 16.4. The van der Waals surface area contributed by atoms with Crippen LogP contribution in [0.3, 0.4) is 0 Å². The Kier molecular flexibility index (Phi) is 17.2. The number of sulfonamides is 1. The van der Waals surface area contributed by atoms with E-state index in [2.05, 4.69) is 51.5 Å². The molecule has 0 unspecified atom stereocenters. The zero-order valence-electron chi connectivity index (χ0n) is 39.0. The molecule has 0 aliphatic rings. The second kappa shape index (κ2) is 23.1. The number of anilines is 2. The second-order valence-corrected chi connectivity index (χ2v) is 20.9. The highest BCUT2D eigenvalue weighted by Crippen LogP contribution is 2.22. The number of carboxylic acid groups (broad SMARTS) is 1. The number of aromatic nitrogens is 4. The van der Waals surface area contributed by atoms with Gasteiger partial charge in [-0.2, -0.15) is 26.7 Å². The van der Waals surface area contributed by atoms with E-state index in [4.69, 9.17) is 0 Å². The summed E-state index contributed by atoms with van der Waals surface area (Å²) in [4.78, 5) is 77.0. The highest BCUT2D eigenvalue weighted by Gasteiger charge is 2.30. The van der Waals surface area contributed by atoms with Crippen LogP contribution in [0.1, 0.15) is 55.0 Å². The lowest BCUT2D eigenvalue weighted by Crippen LogP contribution is -2.50. The Morgan fingerprint density at radius 2 is 1.60 bits per heavy atom. The van der Waals surface area contributed by atoms with Gasteiger partial charge in [0.05, 0.1) is 22.2 Å². The minimum Gasteiger partial charge on any atom is -0.480 e. The third kappa shape index (κ3) is 14.6. The number of nitrogens with zero attached hydrogens (tertiary/aromatic N) is 4. The van der Waals surface area contributed by atoms with Gasteiger partial charge >= 0.3 is 5.97 Å². The topological polar surface area (TPSA) is 379 Å². The molecule has 2 atom stereocenters. The van der Waals surface area contributed by atoms with Crippen LogP contribution in [0.5, 0.6) is 0 Å². The highest BCUT2D eigenvalue weighted by atomic mass is 32.2. The van der Waals surface area contributed by atoms with Crippen molar-refractivity contribution in [3.05, 3.63) is 141 Å². The molecule has 25 nitrogen and oxygen atoms in total. The molecule has 0 saturated carbocycles. The van der Waals surface area contributed by atoms with Crippen molar-refractivity contribution in [2.24, 2.45) is 5.10 Å². The number of carbonyl (C=O) groups excluding carboxylic acids is 3. The predicted molar refractivity (Wildman–Crippen MR) is 266 cm³/mol. The van der Waals surface area contributed by atoms with Gasteiger partial charge in [0.2, 0.25) is 21.4 Å². The van der Waals surface area contributed by atoms with Crippen LogP contribution in [0.2, 0.25) is 0 Å². The molecule has 10 N–H and O–H groups in total. The van der Waals surface area contributed by atoms with Crippen molar-refractivity contribution in [1.82, 2.24) is 40.2 Å². The lowest BCUT2D eigenvalue weighted by atomic mass is 10.1. The van der Waals surface area contributed by atoms with E-state index >= 15 is 0 Å². The maximum atomic E-state index is 13.9. The van der Waals surface area contributed by atoms with E-state index in [-0.39, 0.29) is 53.3 Å². The summed E-state index contributed by atoms with van der Waals surface area (Å²) in [5, 5.41) is 24.1. The number of nitrogens with one attached hydrogen (secondary N) is 7. The zero-order valence-corrected chi connectivity index (χ0v) is 41.4. The van der Waals surface area contributed by atoms with Crippen molar-refractivity contribution >= 4 is 82.8 Å². The van der Waals surface area contributed by atoms with Crippen LogP contribution >= 0.6 is 0 Å². The molecule has 6 aromatic rings. The number of hydrogen-bond donors (Lipinski definition) is 10. The standard InChI is InChI=1S/C45H49N11O14S3/c1-26-17-27(2)40(28(3)18-26)72(66,67)55-34(44(61)62)23-50-42(59)33-24-56(36-19-29(9-11-32(36)39(33)57)20-51-45-47-14-15-48-45)16-6-13-46-43(60)35(25-71(63,64)65)53-41(58)31-10-12-38(49-21-31)54-52-22-30-7-4-5-8-37(30)73(68,69)70/h4-5,7-12,14-15,17-19,21-22,24,34-35,55H,6,13,16,20,23,25H2,1-3H3,(H,46,60)(H,49,54)(H,50,59)(H,53,58)(H,61,62)(H2,47,48,51)(H,63,64,65)(H,68,69,70)/b52-22+/t34-,35-/m1/s1. The third-order valence-corrected chi connectivity index (χ3v) is 14.2. The Hall–Kier alpha value is -7.89. The number of aromatic amines is 1. The first-order chi connectivity index (χ1) is 34.4. The molecule has 3 aromatic carbocycles. The molecular formula is C45H49N11O14S3. The minimum atomic E-state index is -4.85. The SMILES string of the molecule is Cc1cc(C)c(S(=O)(=O)N[C@H](CNC(=O)c2cn(CCCNC(=O)[C@@H](CS(=O)(=O)O)NC(=O)c3ccc(N/N=C/c4ccccc4S(=O)(=O)O)nc3)c3cc(CNc4ncc[nH]4)ccc3c2=O)C(=O)O)c(C)c1. The first kappa shape index (κ1) is 54.4. The molecule has 0 bridgehead atoms. The first-order valence-electron chi connectivity index (χ1n) is 21.8. The molecule has 0 aliphatic heterocycles. The van der Waals surface area contributed by atoms with Crippen LogP contribution < -0.4 is 36.8 Å². The summed E-state index contributed by atoms with van der Waals surface area (Å²) in [5.41, 5.74) is 3.83. The number of hydrazone groups is 1. The maximum absolute atomic E-state index is 13.9. The van der Waals surface area contributed by atoms with Gasteiger partial charge in [-0.1, -0.05) is 42.0 Å². The number of carbonyl (C=O) groups is 4. The quantitative estimate of drug-likeness (QED) is 0.0189. The van der Waals surface area contributed by atoms with Gasteiger partial charge in [0.25, 0.3) is 32.1 Å².